The summed E-state index contributed by atoms with van der Waals surface area (Å²) in [5.41, 5.74) is 1.30. The van der Waals surface area contributed by atoms with Crippen molar-refractivity contribution in [2.75, 3.05) is 6.54 Å². The zero-order chi connectivity index (χ0) is 18.0. The summed E-state index contributed by atoms with van der Waals surface area (Å²) in [6.45, 7) is 0.609. The van der Waals surface area contributed by atoms with Crippen LogP contribution in [0, 0.1) is 5.82 Å². The minimum atomic E-state index is -3.79. The van der Waals surface area contributed by atoms with Crippen LogP contribution in [0.15, 0.2) is 53.4 Å². The van der Waals surface area contributed by atoms with Gasteiger partial charge in [-0.3, -0.25) is 4.79 Å². The molecule has 25 heavy (non-hydrogen) atoms. The van der Waals surface area contributed by atoms with E-state index in [4.69, 9.17) is 5.14 Å². The highest BCUT2D eigenvalue weighted by Crippen LogP contribution is 2.32. The minimum absolute atomic E-state index is 0.0298. The molecule has 1 atom stereocenters. The Labute approximate surface area is 146 Å². The van der Waals surface area contributed by atoms with Crippen LogP contribution in [0.25, 0.3) is 0 Å². The van der Waals surface area contributed by atoms with Crippen LogP contribution in [0.2, 0.25) is 0 Å². The van der Waals surface area contributed by atoms with E-state index in [1.165, 1.54) is 36.4 Å². The second kappa shape index (κ2) is 6.93. The van der Waals surface area contributed by atoms with Crippen LogP contribution in [-0.4, -0.2) is 25.8 Å². The standard InChI is InChI=1S/C18H19FN2O3S/c19-15-8-4-13(5-9-15)17-3-1-2-12-21(17)18(22)14-6-10-16(11-7-14)25(20,23)24/h4-11,17H,1-3,12H2,(H2,20,23,24)/t17-/m0/s1. The van der Waals surface area contributed by atoms with Gasteiger partial charge < -0.3 is 4.90 Å². The summed E-state index contributed by atoms with van der Waals surface area (Å²) in [5, 5.41) is 5.08. The molecule has 0 radical (unpaired) electrons. The number of likely N-dealkylation sites (tertiary alicyclic amines) is 1. The van der Waals surface area contributed by atoms with Gasteiger partial charge in [-0.05, 0) is 61.2 Å². The molecule has 1 saturated heterocycles. The first kappa shape index (κ1) is 17.6. The third-order valence-corrected chi connectivity index (χ3v) is 5.38. The topological polar surface area (TPSA) is 80.5 Å². The molecule has 1 heterocycles. The Morgan fingerprint density at radius 1 is 1.04 bits per heavy atom. The average molecular weight is 362 g/mol. The van der Waals surface area contributed by atoms with Gasteiger partial charge in [-0.1, -0.05) is 12.1 Å². The number of nitrogens with two attached hydrogens (primary N) is 1. The highest BCUT2D eigenvalue weighted by atomic mass is 32.2. The maximum absolute atomic E-state index is 13.2. The van der Waals surface area contributed by atoms with Crippen LogP contribution in [0.4, 0.5) is 4.39 Å². The Hall–Kier alpha value is -2.25. The van der Waals surface area contributed by atoms with E-state index < -0.39 is 10.0 Å². The molecule has 7 heteroatoms. The lowest BCUT2D eigenvalue weighted by Gasteiger charge is -2.36. The van der Waals surface area contributed by atoms with E-state index >= 15 is 0 Å². The lowest BCUT2D eigenvalue weighted by atomic mass is 9.94. The molecule has 0 unspecified atom stereocenters. The fourth-order valence-electron chi connectivity index (χ4n) is 3.16. The highest BCUT2D eigenvalue weighted by Gasteiger charge is 2.28. The van der Waals surface area contributed by atoms with Gasteiger partial charge in [0.15, 0.2) is 0 Å². The van der Waals surface area contributed by atoms with Gasteiger partial charge in [0.1, 0.15) is 5.82 Å². The number of amides is 1. The monoisotopic (exact) mass is 362 g/mol. The van der Waals surface area contributed by atoms with Crippen LogP contribution >= 0.6 is 0 Å². The van der Waals surface area contributed by atoms with E-state index in [1.807, 2.05) is 0 Å². The number of halogens is 1. The van der Waals surface area contributed by atoms with Gasteiger partial charge in [0.2, 0.25) is 10.0 Å². The van der Waals surface area contributed by atoms with Crippen LogP contribution in [-0.2, 0) is 10.0 Å². The molecule has 1 fully saturated rings. The third-order valence-electron chi connectivity index (χ3n) is 4.45. The number of hydrogen-bond donors (Lipinski definition) is 1. The quantitative estimate of drug-likeness (QED) is 0.912. The Bertz CT molecular complexity index is 864. The Kier molecular flexibility index (Phi) is 4.87. The van der Waals surface area contributed by atoms with Crippen LogP contribution in [0.3, 0.4) is 0 Å². The molecule has 1 aliphatic rings. The van der Waals surface area contributed by atoms with Crippen molar-refractivity contribution >= 4 is 15.9 Å². The number of hydrogen-bond acceptors (Lipinski definition) is 3. The van der Waals surface area contributed by atoms with Crippen molar-refractivity contribution in [2.45, 2.75) is 30.2 Å². The summed E-state index contributed by atoms with van der Waals surface area (Å²) in [5.74, 6) is -0.481. The molecule has 2 aromatic rings. The van der Waals surface area contributed by atoms with Gasteiger partial charge in [0.25, 0.3) is 5.91 Å². The molecule has 132 valence electrons. The maximum atomic E-state index is 13.2. The summed E-state index contributed by atoms with van der Waals surface area (Å²) in [6, 6.07) is 11.7. The number of carbonyl (C=O) groups excluding carboxylic acids is 1. The zero-order valence-corrected chi connectivity index (χ0v) is 14.4. The van der Waals surface area contributed by atoms with Gasteiger partial charge in [-0.15, -0.1) is 0 Å². The minimum Gasteiger partial charge on any atom is -0.332 e. The lowest BCUT2D eigenvalue weighted by molar-refractivity contribution is 0.0611. The van der Waals surface area contributed by atoms with Crippen molar-refractivity contribution in [3.05, 3.63) is 65.5 Å². The summed E-state index contributed by atoms with van der Waals surface area (Å²) in [7, 11) is -3.79. The zero-order valence-electron chi connectivity index (χ0n) is 13.6. The van der Waals surface area contributed by atoms with E-state index in [-0.39, 0.29) is 22.7 Å². The first-order valence-corrected chi connectivity index (χ1v) is 9.60. The number of benzene rings is 2. The molecule has 3 rings (SSSR count). The van der Waals surface area contributed by atoms with E-state index in [0.29, 0.717) is 12.1 Å². The fourth-order valence-corrected chi connectivity index (χ4v) is 3.67. The molecule has 2 N–H and O–H groups in total. The normalized spacial score (nSPS) is 18.2. The molecule has 1 amide bonds. The summed E-state index contributed by atoms with van der Waals surface area (Å²) < 4.78 is 35.8. The van der Waals surface area contributed by atoms with E-state index in [1.54, 1.807) is 17.0 Å². The van der Waals surface area contributed by atoms with Gasteiger partial charge in [-0.25, -0.2) is 17.9 Å². The van der Waals surface area contributed by atoms with Crippen LogP contribution in [0.1, 0.15) is 41.2 Å². The molecule has 0 spiro atoms. The molecule has 1 aliphatic heterocycles. The van der Waals surface area contributed by atoms with E-state index in [0.717, 1.165) is 24.8 Å². The number of sulfonamides is 1. The fraction of sp³-hybridized carbons (Fsp3) is 0.278. The third kappa shape index (κ3) is 3.88. The Morgan fingerprint density at radius 2 is 1.68 bits per heavy atom. The predicted octanol–water partition coefficient (Wildman–Crippen LogP) is 2.84. The Morgan fingerprint density at radius 3 is 2.28 bits per heavy atom. The number of primary sulfonamides is 1. The van der Waals surface area contributed by atoms with Gasteiger partial charge in [0.05, 0.1) is 10.9 Å². The second-order valence-corrected chi connectivity index (χ2v) is 7.69. The summed E-state index contributed by atoms with van der Waals surface area (Å²) >= 11 is 0. The summed E-state index contributed by atoms with van der Waals surface area (Å²) in [4.78, 5) is 14.6. The molecule has 0 saturated carbocycles. The molecule has 0 aliphatic carbocycles. The molecule has 0 bridgehead atoms. The maximum Gasteiger partial charge on any atom is 0.254 e. The number of nitrogens with zero attached hydrogens (tertiary/aromatic N) is 1. The molecule has 5 nitrogen and oxygen atoms in total. The number of piperidine rings is 1. The highest BCUT2D eigenvalue weighted by molar-refractivity contribution is 7.89. The van der Waals surface area contributed by atoms with E-state index in [9.17, 15) is 17.6 Å². The van der Waals surface area contributed by atoms with Crippen molar-refractivity contribution in [1.82, 2.24) is 4.90 Å². The van der Waals surface area contributed by atoms with Crippen molar-refractivity contribution in [2.24, 2.45) is 5.14 Å². The Balaban J connectivity index is 1.87. The second-order valence-electron chi connectivity index (χ2n) is 6.13. The smallest absolute Gasteiger partial charge is 0.254 e. The molecular formula is C18H19FN2O3S. The van der Waals surface area contributed by atoms with Crippen molar-refractivity contribution in [3.63, 3.8) is 0 Å². The van der Waals surface area contributed by atoms with Crippen molar-refractivity contribution in [3.8, 4) is 0 Å². The molecule has 0 aromatic heterocycles. The van der Waals surface area contributed by atoms with Crippen molar-refractivity contribution in [1.29, 1.82) is 0 Å². The number of rotatable bonds is 3. The predicted molar refractivity (Wildman–Crippen MR) is 91.8 cm³/mol. The SMILES string of the molecule is NS(=O)(=O)c1ccc(C(=O)N2CCCC[C@H]2c2ccc(F)cc2)cc1. The largest absolute Gasteiger partial charge is 0.332 e. The van der Waals surface area contributed by atoms with Gasteiger partial charge in [-0.2, -0.15) is 0 Å². The van der Waals surface area contributed by atoms with Crippen molar-refractivity contribution < 1.29 is 17.6 Å². The average Bonchev–Trinajstić information content (AvgIpc) is 2.61. The van der Waals surface area contributed by atoms with Crippen LogP contribution < -0.4 is 5.14 Å². The molecular weight excluding hydrogens is 343 g/mol. The van der Waals surface area contributed by atoms with Crippen LogP contribution in [0.5, 0.6) is 0 Å². The molecule has 2 aromatic carbocycles. The summed E-state index contributed by atoms with van der Waals surface area (Å²) in [6.07, 6.45) is 2.71. The van der Waals surface area contributed by atoms with Gasteiger partial charge in [0, 0.05) is 12.1 Å². The van der Waals surface area contributed by atoms with Gasteiger partial charge >= 0.3 is 0 Å². The van der Waals surface area contributed by atoms with E-state index in [2.05, 4.69) is 0 Å². The first-order valence-electron chi connectivity index (χ1n) is 8.05. The lowest BCUT2D eigenvalue weighted by Crippen LogP contribution is -2.38. The number of carbonyl (C=O) groups is 1. The first-order chi connectivity index (χ1) is 11.9.